The first-order valence-corrected chi connectivity index (χ1v) is 6.87. The molecule has 0 fully saturated rings. The zero-order valence-electron chi connectivity index (χ0n) is 11.9. The zero-order valence-corrected chi connectivity index (χ0v) is 12.7. The summed E-state index contributed by atoms with van der Waals surface area (Å²) in [7, 11) is 0. The lowest BCUT2D eigenvalue weighted by molar-refractivity contribution is -0.150. The lowest BCUT2D eigenvalue weighted by atomic mass is 10.1. The van der Waals surface area contributed by atoms with Crippen LogP contribution in [0.3, 0.4) is 0 Å². The van der Waals surface area contributed by atoms with Crippen LogP contribution < -0.4 is 10.4 Å². The first-order valence-electron chi connectivity index (χ1n) is 6.49. The maximum Gasteiger partial charge on any atom is 0.347 e. The molecule has 6 heteroatoms. The topological polar surface area (TPSA) is 65.7 Å². The van der Waals surface area contributed by atoms with E-state index in [9.17, 15) is 9.59 Å². The molecule has 0 aliphatic carbocycles. The van der Waals surface area contributed by atoms with Crippen LogP contribution in [0, 0.1) is 6.92 Å². The molecule has 0 saturated heterocycles. The number of aryl methyl sites for hydroxylation is 1. The van der Waals surface area contributed by atoms with E-state index in [4.69, 9.17) is 25.5 Å². The SMILES string of the molecule is CCOC(=O)[C@H](C)Oc1cc2c(C)cc(=O)oc2cc1Cl. The molecule has 21 heavy (non-hydrogen) atoms. The van der Waals surface area contributed by atoms with E-state index in [0.717, 1.165) is 5.56 Å². The van der Waals surface area contributed by atoms with Gasteiger partial charge in [-0.15, -0.1) is 0 Å². The molecule has 0 spiro atoms. The van der Waals surface area contributed by atoms with Crippen molar-refractivity contribution in [3.63, 3.8) is 0 Å². The fraction of sp³-hybridized carbons (Fsp3) is 0.333. The number of hydrogen-bond acceptors (Lipinski definition) is 5. The number of rotatable bonds is 4. The summed E-state index contributed by atoms with van der Waals surface area (Å²) in [6, 6.07) is 4.53. The molecule has 112 valence electrons. The minimum atomic E-state index is -0.782. The normalized spacial score (nSPS) is 12.2. The Morgan fingerprint density at radius 3 is 2.76 bits per heavy atom. The predicted octanol–water partition coefficient (Wildman–Crippen LogP) is 3.09. The summed E-state index contributed by atoms with van der Waals surface area (Å²) >= 11 is 6.09. The van der Waals surface area contributed by atoms with Crippen molar-refractivity contribution in [3.05, 3.63) is 39.2 Å². The van der Waals surface area contributed by atoms with Gasteiger partial charge in [0.1, 0.15) is 11.3 Å². The number of hydrogen-bond donors (Lipinski definition) is 0. The number of ether oxygens (including phenoxy) is 2. The van der Waals surface area contributed by atoms with E-state index >= 15 is 0 Å². The third kappa shape index (κ3) is 3.36. The Morgan fingerprint density at radius 1 is 1.38 bits per heavy atom. The van der Waals surface area contributed by atoms with Gasteiger partial charge in [-0.1, -0.05) is 11.6 Å². The average molecular weight is 311 g/mol. The van der Waals surface area contributed by atoms with Gasteiger partial charge in [0.25, 0.3) is 0 Å². The monoisotopic (exact) mass is 310 g/mol. The molecule has 0 amide bonds. The summed E-state index contributed by atoms with van der Waals surface area (Å²) in [6.07, 6.45) is -0.782. The number of carbonyl (C=O) groups excluding carboxylic acids is 1. The van der Waals surface area contributed by atoms with Crippen molar-refractivity contribution < 1.29 is 18.7 Å². The van der Waals surface area contributed by atoms with Gasteiger partial charge in [-0.25, -0.2) is 9.59 Å². The molecule has 2 rings (SSSR count). The maximum atomic E-state index is 11.6. The maximum absolute atomic E-state index is 11.6. The first-order chi connectivity index (χ1) is 9.92. The standard InChI is InChI=1S/C15H15ClO5/c1-4-19-15(18)9(3)20-13-6-10-8(2)5-14(17)21-12(10)7-11(13)16/h5-7,9H,4H2,1-3H3/t9-/m0/s1. The number of esters is 1. The molecule has 0 N–H and O–H groups in total. The van der Waals surface area contributed by atoms with E-state index in [0.29, 0.717) is 16.7 Å². The van der Waals surface area contributed by atoms with Crippen LogP contribution >= 0.6 is 11.6 Å². The first kappa shape index (κ1) is 15.4. The molecule has 1 atom stereocenters. The van der Waals surface area contributed by atoms with E-state index < -0.39 is 17.7 Å². The molecular formula is C15H15ClO5. The van der Waals surface area contributed by atoms with Gasteiger partial charge in [0.15, 0.2) is 6.10 Å². The van der Waals surface area contributed by atoms with Gasteiger partial charge < -0.3 is 13.9 Å². The van der Waals surface area contributed by atoms with E-state index in [2.05, 4.69) is 0 Å². The molecule has 1 aromatic carbocycles. The van der Waals surface area contributed by atoms with Gasteiger partial charge in [0, 0.05) is 17.5 Å². The van der Waals surface area contributed by atoms with E-state index in [1.54, 1.807) is 26.8 Å². The molecule has 1 heterocycles. The molecule has 0 aliphatic rings. The molecule has 0 aliphatic heterocycles. The molecular weight excluding hydrogens is 296 g/mol. The van der Waals surface area contributed by atoms with Crippen LogP contribution in [0.1, 0.15) is 19.4 Å². The van der Waals surface area contributed by atoms with Gasteiger partial charge in [0.05, 0.1) is 11.6 Å². The largest absolute Gasteiger partial charge is 0.477 e. The second kappa shape index (κ2) is 6.18. The second-order valence-electron chi connectivity index (χ2n) is 4.54. The average Bonchev–Trinajstić information content (AvgIpc) is 2.40. The van der Waals surface area contributed by atoms with E-state index in [1.807, 2.05) is 0 Å². The van der Waals surface area contributed by atoms with E-state index in [-0.39, 0.29) is 11.6 Å². The van der Waals surface area contributed by atoms with Gasteiger partial charge in [-0.3, -0.25) is 0 Å². The van der Waals surface area contributed by atoms with Crippen molar-refractivity contribution in [2.45, 2.75) is 26.9 Å². The Hall–Kier alpha value is -2.01. The molecule has 0 radical (unpaired) electrons. The van der Waals surface area contributed by atoms with Gasteiger partial charge in [0.2, 0.25) is 0 Å². The van der Waals surface area contributed by atoms with Crippen molar-refractivity contribution in [3.8, 4) is 5.75 Å². The fourth-order valence-electron chi connectivity index (χ4n) is 1.91. The zero-order chi connectivity index (χ0) is 15.6. The molecule has 0 bridgehead atoms. The Kier molecular flexibility index (Phi) is 4.53. The summed E-state index contributed by atoms with van der Waals surface area (Å²) < 4.78 is 15.5. The minimum Gasteiger partial charge on any atom is -0.477 e. The highest BCUT2D eigenvalue weighted by molar-refractivity contribution is 6.32. The third-order valence-electron chi connectivity index (χ3n) is 2.93. The molecule has 2 aromatic rings. The van der Waals surface area contributed by atoms with Crippen LogP contribution in [-0.2, 0) is 9.53 Å². The van der Waals surface area contributed by atoms with Crippen LogP contribution in [0.2, 0.25) is 5.02 Å². The summed E-state index contributed by atoms with van der Waals surface area (Å²) in [5, 5.41) is 0.956. The van der Waals surface area contributed by atoms with Gasteiger partial charge >= 0.3 is 11.6 Å². The van der Waals surface area contributed by atoms with E-state index in [1.165, 1.54) is 12.1 Å². The number of carbonyl (C=O) groups is 1. The summed E-state index contributed by atoms with van der Waals surface area (Å²) in [5.41, 5.74) is 0.678. The van der Waals surface area contributed by atoms with Crippen LogP contribution in [-0.4, -0.2) is 18.7 Å². The lowest BCUT2D eigenvalue weighted by Gasteiger charge is -2.15. The van der Waals surface area contributed by atoms with Crippen LogP contribution in [0.25, 0.3) is 11.0 Å². The smallest absolute Gasteiger partial charge is 0.347 e. The highest BCUT2D eigenvalue weighted by Gasteiger charge is 2.18. The Balaban J connectivity index is 2.39. The summed E-state index contributed by atoms with van der Waals surface area (Å²) in [4.78, 5) is 22.9. The molecule has 0 unspecified atom stereocenters. The Bertz CT molecular complexity index is 735. The molecule has 1 aromatic heterocycles. The second-order valence-corrected chi connectivity index (χ2v) is 4.95. The van der Waals surface area contributed by atoms with Gasteiger partial charge in [-0.2, -0.15) is 0 Å². The van der Waals surface area contributed by atoms with Crippen LogP contribution in [0.5, 0.6) is 5.75 Å². The quantitative estimate of drug-likeness (QED) is 0.641. The van der Waals surface area contributed by atoms with Crippen molar-refractivity contribution in [1.29, 1.82) is 0 Å². The summed E-state index contributed by atoms with van der Waals surface area (Å²) in [6.45, 7) is 5.36. The highest BCUT2D eigenvalue weighted by atomic mass is 35.5. The minimum absolute atomic E-state index is 0.257. The van der Waals surface area contributed by atoms with Crippen molar-refractivity contribution in [2.75, 3.05) is 6.61 Å². The highest BCUT2D eigenvalue weighted by Crippen LogP contribution is 2.31. The van der Waals surface area contributed by atoms with Crippen molar-refractivity contribution in [2.24, 2.45) is 0 Å². The Morgan fingerprint density at radius 2 is 2.10 bits per heavy atom. The van der Waals surface area contributed by atoms with Gasteiger partial charge in [-0.05, 0) is 32.4 Å². The Labute approximate surface area is 126 Å². The number of fused-ring (bicyclic) bond motifs is 1. The van der Waals surface area contributed by atoms with Crippen molar-refractivity contribution in [1.82, 2.24) is 0 Å². The molecule has 5 nitrogen and oxygen atoms in total. The predicted molar refractivity (Wildman–Crippen MR) is 79.0 cm³/mol. The van der Waals surface area contributed by atoms with Crippen molar-refractivity contribution >= 4 is 28.5 Å². The lowest BCUT2D eigenvalue weighted by Crippen LogP contribution is -2.26. The number of benzene rings is 1. The van der Waals surface area contributed by atoms with Crippen LogP contribution in [0.4, 0.5) is 0 Å². The fourth-order valence-corrected chi connectivity index (χ4v) is 2.11. The van der Waals surface area contributed by atoms with Crippen LogP contribution in [0.15, 0.2) is 27.4 Å². The molecule has 0 saturated carbocycles. The summed E-state index contributed by atoms with van der Waals surface area (Å²) in [5.74, 6) is -0.133. The number of halogens is 1. The third-order valence-corrected chi connectivity index (χ3v) is 3.22.